The lowest BCUT2D eigenvalue weighted by Crippen LogP contribution is -2.47. The first kappa shape index (κ1) is 39.1. The van der Waals surface area contributed by atoms with Crippen LogP contribution in [-0.2, 0) is 25.1 Å². The molecule has 12 nitrogen and oxygen atoms in total. The van der Waals surface area contributed by atoms with Crippen molar-refractivity contribution in [1.29, 1.82) is 0 Å². The van der Waals surface area contributed by atoms with E-state index in [1.54, 1.807) is 54.6 Å². The van der Waals surface area contributed by atoms with E-state index < -0.39 is 82.1 Å². The van der Waals surface area contributed by atoms with Crippen molar-refractivity contribution in [3.05, 3.63) is 153 Å². The number of methoxy groups -OCH3 is 1. The van der Waals surface area contributed by atoms with Crippen molar-refractivity contribution in [3.63, 3.8) is 0 Å². The van der Waals surface area contributed by atoms with Crippen LogP contribution < -0.4 is 9.64 Å². The van der Waals surface area contributed by atoms with Gasteiger partial charge in [0, 0.05) is 9.79 Å². The Morgan fingerprint density at radius 3 is 1.88 bits per heavy atom. The zero-order valence-corrected chi connectivity index (χ0v) is 31.0. The maximum absolute atomic E-state index is 14.4. The van der Waals surface area contributed by atoms with Gasteiger partial charge in [0.05, 0.1) is 40.0 Å². The molecule has 292 valence electrons. The summed E-state index contributed by atoms with van der Waals surface area (Å²) in [6.45, 7) is -0.600. The summed E-state index contributed by atoms with van der Waals surface area (Å²) in [4.78, 5) is 53.6. The van der Waals surface area contributed by atoms with Crippen LogP contribution >= 0.6 is 23.4 Å². The van der Waals surface area contributed by atoms with Crippen LogP contribution in [0.15, 0.2) is 125 Å². The number of halogens is 4. The number of alkyl halides is 3. The quantitative estimate of drug-likeness (QED) is 0.0574. The second kappa shape index (κ2) is 16.2. The van der Waals surface area contributed by atoms with Crippen LogP contribution in [0.4, 0.5) is 30.2 Å². The maximum atomic E-state index is 14.4. The molecule has 0 N–H and O–H groups in total. The number of benzene rings is 5. The third kappa shape index (κ3) is 7.96. The molecule has 0 radical (unpaired) electrons. The molecule has 2 aliphatic heterocycles. The molecule has 2 aliphatic rings. The summed E-state index contributed by atoms with van der Waals surface area (Å²) in [7, 11) is 1.37. The van der Waals surface area contributed by atoms with Gasteiger partial charge >= 0.3 is 29.8 Å². The summed E-state index contributed by atoms with van der Waals surface area (Å²) in [5, 5.41) is 11.6. The number of nitro groups is 1. The molecule has 0 unspecified atom stereocenters. The lowest BCUT2D eigenvalue weighted by atomic mass is 10.1. The highest BCUT2D eigenvalue weighted by Crippen LogP contribution is 2.58. The van der Waals surface area contributed by atoms with Gasteiger partial charge in [-0.3, -0.25) is 10.1 Å². The molecule has 0 amide bonds. The Hall–Kier alpha value is -6.10. The number of esters is 3. The van der Waals surface area contributed by atoms with Gasteiger partial charge in [0.15, 0.2) is 18.4 Å². The minimum atomic E-state index is -5.10. The molecule has 1 fully saturated rings. The van der Waals surface area contributed by atoms with Gasteiger partial charge in [-0.05, 0) is 60.7 Å². The Bertz CT molecular complexity index is 2340. The van der Waals surface area contributed by atoms with E-state index in [0.717, 1.165) is 11.8 Å². The van der Waals surface area contributed by atoms with E-state index in [1.165, 1.54) is 66.6 Å². The zero-order valence-electron chi connectivity index (χ0n) is 29.4. The first-order valence-corrected chi connectivity index (χ1v) is 18.2. The fourth-order valence-electron chi connectivity index (χ4n) is 6.36. The predicted octanol–water partition coefficient (Wildman–Crippen LogP) is 8.91. The Balaban J connectivity index is 1.41. The molecule has 7 rings (SSSR count). The molecule has 5 aromatic rings. The highest BCUT2D eigenvalue weighted by molar-refractivity contribution is 7.99. The minimum absolute atomic E-state index is 0.0620. The number of hydrogen-bond donors (Lipinski definition) is 0. The first-order chi connectivity index (χ1) is 27.3. The maximum Gasteiger partial charge on any atom is 0.418 e. The molecule has 17 heteroatoms. The second-order valence-corrected chi connectivity index (χ2v) is 14.0. The van der Waals surface area contributed by atoms with Gasteiger partial charge in [-0.25, -0.2) is 14.4 Å². The van der Waals surface area contributed by atoms with Crippen molar-refractivity contribution in [2.45, 2.75) is 40.5 Å². The van der Waals surface area contributed by atoms with Crippen molar-refractivity contribution >= 4 is 58.3 Å². The van der Waals surface area contributed by atoms with Crippen LogP contribution in [0, 0.1) is 10.1 Å². The lowest BCUT2D eigenvalue weighted by Gasteiger charge is -2.38. The van der Waals surface area contributed by atoms with Gasteiger partial charge in [-0.2, -0.15) is 13.2 Å². The van der Waals surface area contributed by atoms with Gasteiger partial charge in [0.25, 0.3) is 0 Å². The molecule has 2 heterocycles. The van der Waals surface area contributed by atoms with Crippen molar-refractivity contribution < 1.29 is 56.2 Å². The normalized spacial score (nSPS) is 18.5. The summed E-state index contributed by atoms with van der Waals surface area (Å²) in [6.07, 6.45) is -11.5. The van der Waals surface area contributed by atoms with Crippen molar-refractivity contribution in [2.24, 2.45) is 0 Å². The molecule has 0 aromatic heterocycles. The van der Waals surface area contributed by atoms with Crippen LogP contribution in [-0.4, -0.2) is 61.1 Å². The Morgan fingerprint density at radius 1 is 0.807 bits per heavy atom. The molecule has 0 saturated carbocycles. The molecular formula is C40H28ClF3N2O10S. The van der Waals surface area contributed by atoms with Gasteiger partial charge < -0.3 is 28.6 Å². The highest BCUT2D eigenvalue weighted by Gasteiger charge is 2.56. The molecule has 0 bridgehead atoms. The molecule has 5 aromatic carbocycles. The second-order valence-electron chi connectivity index (χ2n) is 12.5. The van der Waals surface area contributed by atoms with E-state index in [9.17, 15) is 37.7 Å². The molecule has 4 atom stereocenters. The molecular weight excluding hydrogens is 793 g/mol. The van der Waals surface area contributed by atoms with Gasteiger partial charge in [-0.1, -0.05) is 78.0 Å². The average Bonchev–Trinajstić information content (AvgIpc) is 3.54. The van der Waals surface area contributed by atoms with Crippen molar-refractivity contribution in [2.75, 3.05) is 18.6 Å². The highest BCUT2D eigenvalue weighted by atomic mass is 35.5. The first-order valence-electron chi connectivity index (χ1n) is 17.0. The SMILES string of the molecule is COc1ccc2c(c1)Sc1cc(C(F)(F)F)c(Cl)c([N+](=O)[O-])c1N2[C@@H]1O[C@H](COC(=O)c2ccccc2)[C@@H](OC(=O)c2ccccc2)[C@H]1OC(=O)c1ccccc1. The van der Waals surface area contributed by atoms with Crippen molar-refractivity contribution in [1.82, 2.24) is 0 Å². The van der Waals surface area contributed by atoms with Crippen LogP contribution in [0.5, 0.6) is 5.75 Å². The largest absolute Gasteiger partial charge is 0.497 e. The number of nitro benzene ring substituents is 1. The monoisotopic (exact) mass is 820 g/mol. The summed E-state index contributed by atoms with van der Waals surface area (Å²) in [6, 6.07) is 28.6. The topological polar surface area (TPSA) is 144 Å². The average molecular weight is 821 g/mol. The summed E-state index contributed by atoms with van der Waals surface area (Å²) < 4.78 is 72.6. The van der Waals surface area contributed by atoms with Crippen LogP contribution in [0.1, 0.15) is 36.6 Å². The van der Waals surface area contributed by atoms with E-state index in [1.807, 2.05) is 0 Å². The van der Waals surface area contributed by atoms with Crippen LogP contribution in [0.25, 0.3) is 0 Å². The fourth-order valence-corrected chi connectivity index (χ4v) is 7.84. The molecule has 1 saturated heterocycles. The number of ether oxygens (including phenoxy) is 5. The van der Waals surface area contributed by atoms with Gasteiger partial charge in [-0.15, -0.1) is 0 Å². The summed E-state index contributed by atoms with van der Waals surface area (Å²) >= 11 is 7.01. The Labute approximate surface area is 331 Å². The summed E-state index contributed by atoms with van der Waals surface area (Å²) in [5.41, 5.74) is -2.54. The standard InChI is InChI=1S/C40H28ClF3N2O10S/c1-52-25-17-18-27-29(19-25)57-30-20-26(40(42,43)44)31(41)33(46(50)51)32(30)45(27)36-35(56-39(49)24-15-9-4-10-16-24)34(55-38(48)23-13-7-3-8-14-23)28(54-36)21-53-37(47)22-11-5-2-6-12-22/h2-20,28,34-36H,21H2,1H3/t28-,34-,35-,36-/m1/s1. The van der Waals surface area contributed by atoms with Crippen molar-refractivity contribution in [3.8, 4) is 5.75 Å². The van der Waals surface area contributed by atoms with Gasteiger partial charge in [0.2, 0.25) is 0 Å². The third-order valence-electron chi connectivity index (χ3n) is 8.99. The lowest BCUT2D eigenvalue weighted by molar-refractivity contribution is -0.384. The molecule has 0 spiro atoms. The Kier molecular flexibility index (Phi) is 11.1. The molecule has 0 aliphatic carbocycles. The fraction of sp³-hybridized carbons (Fsp3) is 0.175. The number of hydrogen-bond acceptors (Lipinski definition) is 12. The number of anilines is 2. The number of carbonyl (C=O) groups is 3. The van der Waals surface area contributed by atoms with E-state index in [-0.39, 0.29) is 32.2 Å². The number of rotatable bonds is 10. The smallest absolute Gasteiger partial charge is 0.418 e. The van der Waals surface area contributed by atoms with Crippen LogP contribution in [0.2, 0.25) is 5.02 Å². The van der Waals surface area contributed by atoms with Gasteiger partial charge in [0.1, 0.15) is 29.2 Å². The van der Waals surface area contributed by atoms with E-state index in [0.29, 0.717) is 11.8 Å². The minimum Gasteiger partial charge on any atom is -0.497 e. The molecule has 57 heavy (non-hydrogen) atoms. The Morgan fingerprint density at radius 2 is 1.35 bits per heavy atom. The number of fused-ring (bicyclic) bond motifs is 2. The van der Waals surface area contributed by atoms with Crippen LogP contribution in [0.3, 0.4) is 0 Å². The van der Waals surface area contributed by atoms with E-state index >= 15 is 0 Å². The zero-order chi connectivity index (χ0) is 40.4. The number of nitrogens with zero attached hydrogens (tertiary/aromatic N) is 2. The predicted molar refractivity (Wildman–Crippen MR) is 199 cm³/mol. The summed E-state index contributed by atoms with van der Waals surface area (Å²) in [5.74, 6) is -2.32. The van der Waals surface area contributed by atoms with E-state index in [2.05, 4.69) is 0 Å². The van der Waals surface area contributed by atoms with E-state index in [4.69, 9.17) is 35.3 Å². The number of carbonyl (C=O) groups excluding carboxylic acids is 3. The third-order valence-corrected chi connectivity index (χ3v) is 10.4.